The van der Waals surface area contributed by atoms with Crippen LogP contribution in [0.25, 0.3) is 16.6 Å². The molecule has 2 fully saturated rings. The third-order valence-electron chi connectivity index (χ3n) is 8.00. The monoisotopic (exact) mass is 545 g/mol. The predicted molar refractivity (Wildman–Crippen MR) is 152 cm³/mol. The van der Waals surface area contributed by atoms with Gasteiger partial charge in [0.15, 0.2) is 0 Å². The highest BCUT2D eigenvalue weighted by atomic mass is 32.2. The smallest absolute Gasteiger partial charge is 0.243 e. The minimum atomic E-state index is -3.58. The van der Waals surface area contributed by atoms with Gasteiger partial charge in [0.25, 0.3) is 0 Å². The summed E-state index contributed by atoms with van der Waals surface area (Å²) in [5, 5.41) is 8.97. The summed E-state index contributed by atoms with van der Waals surface area (Å²) < 4.78 is 30.0. The van der Waals surface area contributed by atoms with Crippen molar-refractivity contribution in [3.05, 3.63) is 72.8 Å². The number of fused-ring (bicyclic) bond motifs is 1. The van der Waals surface area contributed by atoms with Crippen LogP contribution in [0.1, 0.15) is 50.9 Å². The summed E-state index contributed by atoms with van der Waals surface area (Å²) in [6, 6.07) is 17.3. The van der Waals surface area contributed by atoms with Gasteiger partial charge >= 0.3 is 0 Å². The van der Waals surface area contributed by atoms with E-state index in [4.69, 9.17) is 9.97 Å². The number of para-hydroxylation sites is 1. The minimum Gasteiger partial charge on any atom is -0.367 e. The van der Waals surface area contributed by atoms with E-state index in [2.05, 4.69) is 28.3 Å². The molecule has 9 nitrogen and oxygen atoms in total. The van der Waals surface area contributed by atoms with Crippen molar-refractivity contribution in [2.24, 2.45) is 0 Å². The Labute approximate surface area is 229 Å². The fraction of sp³-hybridized carbons (Fsp3) is 0.414. The Kier molecular flexibility index (Phi) is 7.33. The van der Waals surface area contributed by atoms with Crippen molar-refractivity contribution < 1.29 is 8.42 Å². The molecule has 3 heterocycles. The average molecular weight is 546 g/mol. The van der Waals surface area contributed by atoms with Gasteiger partial charge in [0.05, 0.1) is 22.1 Å². The molecule has 2 aromatic heterocycles. The molecule has 0 unspecified atom stereocenters. The summed E-state index contributed by atoms with van der Waals surface area (Å²) in [5.41, 5.74) is 1.76. The number of rotatable bonds is 7. The van der Waals surface area contributed by atoms with Gasteiger partial charge in [-0.2, -0.15) is 9.40 Å². The lowest BCUT2D eigenvalue weighted by Crippen LogP contribution is -2.49. The Morgan fingerprint density at radius 1 is 0.897 bits per heavy atom. The van der Waals surface area contributed by atoms with Gasteiger partial charge in [0.1, 0.15) is 11.6 Å². The molecule has 1 atom stereocenters. The second-order valence-electron chi connectivity index (χ2n) is 10.5. The molecule has 1 N–H and O–H groups in total. The van der Waals surface area contributed by atoms with Crippen LogP contribution in [0.4, 0.5) is 5.82 Å². The SMILES string of the molecule is C[C@H](c1nc(NC2CCCCC2)c2ccccc2n1)N1CCN(S(=O)(=O)c2ccc(-n3cccn3)cc2)CC1. The van der Waals surface area contributed by atoms with Gasteiger partial charge < -0.3 is 5.32 Å². The number of anilines is 1. The molecule has 0 bridgehead atoms. The molecule has 1 aliphatic carbocycles. The Morgan fingerprint density at radius 2 is 1.64 bits per heavy atom. The van der Waals surface area contributed by atoms with E-state index in [1.807, 2.05) is 30.5 Å². The van der Waals surface area contributed by atoms with Crippen LogP contribution in [-0.4, -0.2) is 69.6 Å². The molecule has 1 aliphatic heterocycles. The summed E-state index contributed by atoms with van der Waals surface area (Å²) in [5.74, 6) is 1.69. The van der Waals surface area contributed by atoms with E-state index in [-0.39, 0.29) is 6.04 Å². The van der Waals surface area contributed by atoms with Crippen molar-refractivity contribution in [1.82, 2.24) is 29.0 Å². The molecule has 4 aromatic rings. The van der Waals surface area contributed by atoms with Crippen molar-refractivity contribution in [2.45, 2.75) is 56.0 Å². The van der Waals surface area contributed by atoms with Crippen LogP contribution in [0.2, 0.25) is 0 Å². The lowest BCUT2D eigenvalue weighted by Gasteiger charge is -2.37. The maximum Gasteiger partial charge on any atom is 0.243 e. The first-order chi connectivity index (χ1) is 19.0. The minimum absolute atomic E-state index is 0.0280. The van der Waals surface area contributed by atoms with Gasteiger partial charge in [-0.25, -0.2) is 23.1 Å². The highest BCUT2D eigenvalue weighted by Gasteiger charge is 2.31. The van der Waals surface area contributed by atoms with Crippen molar-refractivity contribution in [3.63, 3.8) is 0 Å². The molecular weight excluding hydrogens is 510 g/mol. The summed E-state index contributed by atoms with van der Waals surface area (Å²) >= 11 is 0. The van der Waals surface area contributed by atoms with Crippen LogP contribution >= 0.6 is 0 Å². The van der Waals surface area contributed by atoms with Gasteiger partial charge in [-0.3, -0.25) is 4.90 Å². The molecule has 39 heavy (non-hydrogen) atoms. The number of piperazine rings is 1. The van der Waals surface area contributed by atoms with Crippen molar-refractivity contribution in [1.29, 1.82) is 0 Å². The molecular formula is C29H35N7O2S. The summed E-state index contributed by atoms with van der Waals surface area (Å²) in [6.45, 7) is 4.20. The summed E-state index contributed by atoms with van der Waals surface area (Å²) in [7, 11) is -3.58. The van der Waals surface area contributed by atoms with Gasteiger partial charge in [0.2, 0.25) is 10.0 Å². The Hall–Kier alpha value is -3.34. The Balaban J connectivity index is 1.15. The molecule has 1 saturated carbocycles. The van der Waals surface area contributed by atoms with Crippen LogP contribution in [0, 0.1) is 0 Å². The van der Waals surface area contributed by atoms with Crippen LogP contribution in [0.5, 0.6) is 0 Å². The molecule has 2 aliphatic rings. The van der Waals surface area contributed by atoms with E-state index in [0.717, 1.165) is 28.2 Å². The highest BCUT2D eigenvalue weighted by molar-refractivity contribution is 7.89. The van der Waals surface area contributed by atoms with Gasteiger partial charge in [0, 0.05) is 50.0 Å². The number of hydrogen-bond acceptors (Lipinski definition) is 7. The number of hydrogen-bond donors (Lipinski definition) is 1. The first-order valence-electron chi connectivity index (χ1n) is 13.9. The Bertz CT molecular complexity index is 1510. The zero-order valence-electron chi connectivity index (χ0n) is 22.3. The lowest BCUT2D eigenvalue weighted by atomic mass is 9.95. The maximum absolute atomic E-state index is 13.4. The fourth-order valence-electron chi connectivity index (χ4n) is 5.67. The fourth-order valence-corrected chi connectivity index (χ4v) is 7.09. The summed E-state index contributed by atoms with van der Waals surface area (Å²) in [4.78, 5) is 12.5. The van der Waals surface area contributed by atoms with E-state index >= 15 is 0 Å². The standard InChI is InChI=1S/C29H35N7O2S/c1-22(28-32-27-11-6-5-10-26(27)29(33-28)31-23-8-3-2-4-9-23)34-18-20-35(21-19-34)39(37,38)25-14-12-24(13-15-25)36-17-7-16-30-36/h5-7,10-17,22-23H,2-4,8-9,18-21H2,1H3,(H,31,32,33)/t22-/m1/s1. The third kappa shape index (κ3) is 5.41. The maximum atomic E-state index is 13.4. The first-order valence-corrected chi connectivity index (χ1v) is 15.3. The second kappa shape index (κ2) is 11.0. The van der Waals surface area contributed by atoms with Crippen molar-refractivity contribution in [3.8, 4) is 5.69 Å². The van der Waals surface area contributed by atoms with Crippen molar-refractivity contribution in [2.75, 3.05) is 31.5 Å². The normalized spacial score (nSPS) is 18.8. The van der Waals surface area contributed by atoms with E-state index in [1.165, 1.54) is 32.1 Å². The molecule has 0 amide bonds. The molecule has 1 saturated heterocycles. The number of benzene rings is 2. The third-order valence-corrected chi connectivity index (χ3v) is 9.92. The van der Waals surface area contributed by atoms with E-state index in [0.29, 0.717) is 37.1 Å². The number of sulfonamides is 1. The zero-order chi connectivity index (χ0) is 26.8. The van der Waals surface area contributed by atoms with E-state index in [1.54, 1.807) is 39.4 Å². The van der Waals surface area contributed by atoms with Crippen LogP contribution in [-0.2, 0) is 10.0 Å². The second-order valence-corrected chi connectivity index (χ2v) is 12.4. The highest BCUT2D eigenvalue weighted by Crippen LogP contribution is 2.29. The van der Waals surface area contributed by atoms with Gasteiger partial charge in [-0.1, -0.05) is 31.4 Å². The molecule has 0 radical (unpaired) electrons. The van der Waals surface area contributed by atoms with Gasteiger partial charge in [-0.15, -0.1) is 0 Å². The zero-order valence-corrected chi connectivity index (χ0v) is 23.1. The van der Waals surface area contributed by atoms with E-state index < -0.39 is 10.0 Å². The first kappa shape index (κ1) is 25.9. The molecule has 0 spiro atoms. The van der Waals surface area contributed by atoms with E-state index in [9.17, 15) is 8.42 Å². The molecule has 2 aromatic carbocycles. The average Bonchev–Trinajstić information content (AvgIpc) is 3.53. The van der Waals surface area contributed by atoms with Gasteiger partial charge in [-0.05, 0) is 62.2 Å². The van der Waals surface area contributed by atoms with Crippen molar-refractivity contribution >= 4 is 26.7 Å². The molecule has 6 rings (SSSR count). The van der Waals surface area contributed by atoms with Crippen LogP contribution < -0.4 is 5.32 Å². The quantitative estimate of drug-likeness (QED) is 0.362. The predicted octanol–water partition coefficient (Wildman–Crippen LogP) is 4.63. The largest absolute Gasteiger partial charge is 0.367 e. The number of aromatic nitrogens is 4. The number of nitrogens with zero attached hydrogens (tertiary/aromatic N) is 6. The summed E-state index contributed by atoms with van der Waals surface area (Å²) in [6.07, 6.45) is 9.69. The van der Waals surface area contributed by atoms with Crippen LogP contribution in [0.15, 0.2) is 71.9 Å². The Morgan fingerprint density at radius 3 is 2.36 bits per heavy atom. The topological polar surface area (TPSA) is 96.3 Å². The lowest BCUT2D eigenvalue weighted by molar-refractivity contribution is 0.141. The van der Waals surface area contributed by atoms with Crippen LogP contribution in [0.3, 0.4) is 0 Å². The number of nitrogens with one attached hydrogen (secondary N) is 1. The molecule has 204 valence electrons. The molecule has 10 heteroatoms.